The normalized spacial score (nSPS) is 10.1. The number of likely N-dealkylation sites (N-methyl/N-ethyl adjacent to an activating group) is 1. The summed E-state index contributed by atoms with van der Waals surface area (Å²) < 4.78 is 0. The summed E-state index contributed by atoms with van der Waals surface area (Å²) in [5, 5.41) is 0.585. The maximum Gasteiger partial charge on any atom is 0.254 e. The first kappa shape index (κ1) is 13.9. The van der Waals surface area contributed by atoms with Gasteiger partial charge in [-0.05, 0) is 31.5 Å². The average molecular weight is 271 g/mol. The van der Waals surface area contributed by atoms with Crippen molar-refractivity contribution in [1.82, 2.24) is 4.90 Å². The lowest BCUT2D eigenvalue weighted by Crippen LogP contribution is -2.37. The van der Waals surface area contributed by atoms with Gasteiger partial charge < -0.3 is 10.6 Å². The minimum Gasteiger partial charge on any atom is -0.392 e. The monoisotopic (exact) mass is 270 g/mol. The molecule has 0 saturated carbocycles. The van der Waals surface area contributed by atoms with E-state index in [4.69, 9.17) is 29.6 Å². The van der Waals surface area contributed by atoms with Gasteiger partial charge in [-0.15, -0.1) is 0 Å². The lowest BCUT2D eigenvalue weighted by molar-refractivity contribution is 0.0787. The molecule has 0 aliphatic carbocycles. The van der Waals surface area contributed by atoms with Gasteiger partial charge in [0.2, 0.25) is 0 Å². The predicted octanol–water partition coefficient (Wildman–Crippen LogP) is 2.40. The van der Waals surface area contributed by atoms with Gasteiger partial charge in [0.05, 0.1) is 11.5 Å². The van der Waals surface area contributed by atoms with Crippen LogP contribution in [0.3, 0.4) is 0 Å². The molecule has 0 unspecified atom stereocenters. The molecule has 1 rings (SSSR count). The molecule has 0 saturated heterocycles. The Kier molecular flexibility index (Phi) is 4.90. The van der Waals surface area contributed by atoms with Gasteiger partial charge in [-0.25, -0.2) is 0 Å². The van der Waals surface area contributed by atoms with E-state index in [-0.39, 0.29) is 12.5 Å². The zero-order chi connectivity index (χ0) is 13.0. The summed E-state index contributed by atoms with van der Waals surface area (Å²) in [7, 11) is 0. The second-order valence-electron chi connectivity index (χ2n) is 3.70. The summed E-state index contributed by atoms with van der Waals surface area (Å²) in [4.78, 5) is 14.1. The fraction of sp³-hybridized carbons (Fsp3) is 0.333. The number of amides is 1. The third kappa shape index (κ3) is 3.41. The highest BCUT2D eigenvalue weighted by atomic mass is 35.5. The minimum absolute atomic E-state index is 0.0969. The summed E-state index contributed by atoms with van der Waals surface area (Å²) in [6, 6.07) is 5.28. The molecule has 2 N–H and O–H groups in total. The molecular weight excluding hydrogens is 256 g/mol. The van der Waals surface area contributed by atoms with E-state index in [0.717, 1.165) is 5.56 Å². The van der Waals surface area contributed by atoms with E-state index in [1.165, 1.54) is 0 Å². The van der Waals surface area contributed by atoms with Crippen molar-refractivity contribution in [2.75, 3.05) is 13.1 Å². The maximum absolute atomic E-state index is 12.2. The van der Waals surface area contributed by atoms with Gasteiger partial charge in [0, 0.05) is 17.1 Å². The van der Waals surface area contributed by atoms with Crippen molar-refractivity contribution in [2.24, 2.45) is 5.73 Å². The molecule has 0 spiro atoms. The second-order valence-corrected chi connectivity index (χ2v) is 4.63. The van der Waals surface area contributed by atoms with Gasteiger partial charge in [-0.2, -0.15) is 0 Å². The number of thiocarbonyl (C=S) groups is 1. The highest BCUT2D eigenvalue weighted by Crippen LogP contribution is 2.20. The van der Waals surface area contributed by atoms with E-state index in [9.17, 15) is 4.79 Å². The smallest absolute Gasteiger partial charge is 0.254 e. The van der Waals surface area contributed by atoms with Crippen LogP contribution in [0.4, 0.5) is 0 Å². The van der Waals surface area contributed by atoms with Crippen LogP contribution in [0.2, 0.25) is 5.02 Å². The van der Waals surface area contributed by atoms with E-state index < -0.39 is 0 Å². The van der Waals surface area contributed by atoms with Crippen LogP contribution >= 0.6 is 23.8 Å². The first-order valence-corrected chi connectivity index (χ1v) is 6.08. The molecule has 1 aromatic carbocycles. The number of hydrogen-bond acceptors (Lipinski definition) is 2. The van der Waals surface area contributed by atoms with Gasteiger partial charge in [-0.1, -0.05) is 29.9 Å². The summed E-state index contributed by atoms with van der Waals surface area (Å²) >= 11 is 10.8. The standard InChI is InChI=1S/C12H15ClN2OS/c1-3-15(7-11(14)17)12(16)9-5-4-6-10(13)8(9)2/h4-6H,3,7H2,1-2H3,(H2,14,17). The number of carbonyl (C=O) groups excluding carboxylic acids is 1. The topological polar surface area (TPSA) is 46.3 Å². The van der Waals surface area contributed by atoms with Gasteiger partial charge in [0.15, 0.2) is 0 Å². The molecule has 0 atom stereocenters. The first-order chi connectivity index (χ1) is 7.97. The van der Waals surface area contributed by atoms with Gasteiger partial charge >= 0.3 is 0 Å². The fourth-order valence-electron chi connectivity index (χ4n) is 1.52. The summed E-state index contributed by atoms with van der Waals surface area (Å²) in [5.74, 6) is -0.0969. The van der Waals surface area contributed by atoms with Crippen molar-refractivity contribution in [2.45, 2.75) is 13.8 Å². The molecule has 0 aliphatic rings. The highest BCUT2D eigenvalue weighted by Gasteiger charge is 2.17. The second kappa shape index (κ2) is 5.98. The lowest BCUT2D eigenvalue weighted by Gasteiger charge is -2.21. The van der Waals surface area contributed by atoms with Crippen molar-refractivity contribution < 1.29 is 4.79 Å². The van der Waals surface area contributed by atoms with Crippen molar-refractivity contribution in [3.8, 4) is 0 Å². The zero-order valence-electron chi connectivity index (χ0n) is 9.87. The van der Waals surface area contributed by atoms with Crippen molar-refractivity contribution in [1.29, 1.82) is 0 Å². The molecule has 1 aromatic rings. The molecule has 5 heteroatoms. The first-order valence-electron chi connectivity index (χ1n) is 5.30. The Morgan fingerprint density at radius 3 is 2.71 bits per heavy atom. The Morgan fingerprint density at radius 2 is 2.18 bits per heavy atom. The van der Waals surface area contributed by atoms with E-state index in [1.807, 2.05) is 13.8 Å². The predicted molar refractivity (Wildman–Crippen MR) is 74.6 cm³/mol. The number of nitrogens with two attached hydrogens (primary N) is 1. The van der Waals surface area contributed by atoms with Crippen LogP contribution in [-0.2, 0) is 0 Å². The quantitative estimate of drug-likeness (QED) is 0.855. The van der Waals surface area contributed by atoms with Gasteiger partial charge in [0.25, 0.3) is 5.91 Å². The highest BCUT2D eigenvalue weighted by molar-refractivity contribution is 7.80. The summed E-state index contributed by atoms with van der Waals surface area (Å²) in [6.07, 6.45) is 0. The molecule has 3 nitrogen and oxygen atoms in total. The van der Waals surface area contributed by atoms with Crippen LogP contribution < -0.4 is 5.73 Å². The number of benzene rings is 1. The Balaban J connectivity index is 3.02. The van der Waals surface area contributed by atoms with E-state index in [2.05, 4.69) is 0 Å². The van der Waals surface area contributed by atoms with Crippen LogP contribution in [0.25, 0.3) is 0 Å². The Labute approximate surface area is 112 Å². The summed E-state index contributed by atoms with van der Waals surface area (Å²) in [6.45, 7) is 4.55. The molecule has 0 heterocycles. The zero-order valence-corrected chi connectivity index (χ0v) is 11.4. The minimum atomic E-state index is -0.0969. The van der Waals surface area contributed by atoms with Crippen LogP contribution in [0.15, 0.2) is 18.2 Å². The van der Waals surface area contributed by atoms with Crippen LogP contribution in [-0.4, -0.2) is 28.9 Å². The van der Waals surface area contributed by atoms with E-state index in [1.54, 1.807) is 23.1 Å². The number of nitrogens with zero attached hydrogens (tertiary/aromatic N) is 1. The SMILES string of the molecule is CCN(CC(N)=S)C(=O)c1cccc(Cl)c1C. The summed E-state index contributed by atoms with van der Waals surface area (Å²) in [5.41, 5.74) is 6.84. The van der Waals surface area contributed by atoms with E-state index >= 15 is 0 Å². The van der Waals surface area contributed by atoms with Crippen LogP contribution in [0.5, 0.6) is 0 Å². The van der Waals surface area contributed by atoms with Gasteiger partial charge in [-0.3, -0.25) is 4.79 Å². The number of hydrogen-bond donors (Lipinski definition) is 1. The Bertz CT molecular complexity index is 448. The Hall–Kier alpha value is -1.13. The van der Waals surface area contributed by atoms with Crippen LogP contribution in [0.1, 0.15) is 22.8 Å². The molecule has 1 amide bonds. The van der Waals surface area contributed by atoms with E-state index in [0.29, 0.717) is 22.1 Å². The lowest BCUT2D eigenvalue weighted by atomic mass is 10.1. The molecule has 0 aliphatic heterocycles. The van der Waals surface area contributed by atoms with Crippen molar-refractivity contribution in [3.63, 3.8) is 0 Å². The molecule has 17 heavy (non-hydrogen) atoms. The van der Waals surface area contributed by atoms with Crippen molar-refractivity contribution >= 4 is 34.7 Å². The van der Waals surface area contributed by atoms with Gasteiger partial charge in [0.1, 0.15) is 0 Å². The molecule has 92 valence electrons. The molecule has 0 bridgehead atoms. The maximum atomic E-state index is 12.2. The molecule has 0 fully saturated rings. The number of halogens is 1. The number of rotatable bonds is 4. The fourth-order valence-corrected chi connectivity index (χ4v) is 1.86. The molecular formula is C12H15ClN2OS. The molecule has 0 aromatic heterocycles. The molecule has 0 radical (unpaired) electrons. The third-order valence-corrected chi connectivity index (χ3v) is 3.05. The third-order valence-electron chi connectivity index (χ3n) is 2.51. The van der Waals surface area contributed by atoms with Crippen molar-refractivity contribution in [3.05, 3.63) is 34.3 Å². The Morgan fingerprint density at radius 1 is 1.53 bits per heavy atom. The average Bonchev–Trinajstić information content (AvgIpc) is 2.28. The van der Waals surface area contributed by atoms with Crippen LogP contribution in [0, 0.1) is 6.92 Å². The largest absolute Gasteiger partial charge is 0.392 e. The number of carbonyl (C=O) groups is 1.